The number of anilines is 1. The molecule has 0 aliphatic heterocycles. The minimum absolute atomic E-state index is 0.0732. The number of para-hydroxylation sites is 1. The molecule has 0 heterocycles. The highest BCUT2D eigenvalue weighted by molar-refractivity contribution is 5.85. The number of hydrogen-bond donors (Lipinski definition) is 3. The summed E-state index contributed by atoms with van der Waals surface area (Å²) >= 11 is 0. The van der Waals surface area contributed by atoms with E-state index in [2.05, 4.69) is 57.0 Å². The fraction of sp³-hybridized carbons (Fsp3) is 0.600. The summed E-state index contributed by atoms with van der Waals surface area (Å²) in [6.07, 6.45) is 0.987. The molecule has 0 saturated carbocycles. The molecule has 26 heavy (non-hydrogen) atoms. The van der Waals surface area contributed by atoms with Gasteiger partial charge in [-0.25, -0.2) is 4.99 Å². The van der Waals surface area contributed by atoms with E-state index in [0.29, 0.717) is 5.96 Å². The highest BCUT2D eigenvalue weighted by Gasteiger charge is 2.13. The summed E-state index contributed by atoms with van der Waals surface area (Å²) < 4.78 is 0. The first-order chi connectivity index (χ1) is 12.4. The van der Waals surface area contributed by atoms with E-state index in [0.717, 1.165) is 32.6 Å². The van der Waals surface area contributed by atoms with Crippen LogP contribution in [0.5, 0.6) is 0 Å². The van der Waals surface area contributed by atoms with E-state index in [-0.39, 0.29) is 18.0 Å². The molecule has 1 aromatic rings. The Morgan fingerprint density at radius 1 is 1.12 bits per heavy atom. The van der Waals surface area contributed by atoms with Crippen LogP contribution in [0.3, 0.4) is 0 Å². The highest BCUT2D eigenvalue weighted by atomic mass is 16.2. The van der Waals surface area contributed by atoms with Gasteiger partial charge in [0, 0.05) is 37.4 Å². The van der Waals surface area contributed by atoms with E-state index < -0.39 is 0 Å². The SMILES string of the molecule is CCNC(=NCC(=O)NC(C)(C)C)NCCCN(CC)c1ccccc1. The van der Waals surface area contributed by atoms with Crippen molar-refractivity contribution in [2.24, 2.45) is 4.99 Å². The van der Waals surface area contributed by atoms with Crippen molar-refractivity contribution in [3.8, 4) is 0 Å². The van der Waals surface area contributed by atoms with Crippen molar-refractivity contribution in [3.05, 3.63) is 30.3 Å². The minimum atomic E-state index is -0.237. The zero-order valence-corrected chi connectivity index (χ0v) is 16.9. The van der Waals surface area contributed by atoms with Crippen LogP contribution in [0.2, 0.25) is 0 Å². The molecule has 0 spiro atoms. The fourth-order valence-corrected chi connectivity index (χ4v) is 2.54. The van der Waals surface area contributed by atoms with Crippen molar-refractivity contribution in [1.82, 2.24) is 16.0 Å². The molecule has 0 fully saturated rings. The normalized spacial score (nSPS) is 11.8. The van der Waals surface area contributed by atoms with Crippen LogP contribution in [0.1, 0.15) is 41.0 Å². The van der Waals surface area contributed by atoms with Crippen LogP contribution in [0.4, 0.5) is 5.69 Å². The topological polar surface area (TPSA) is 68.8 Å². The second kappa shape index (κ2) is 11.4. The molecule has 0 atom stereocenters. The summed E-state index contributed by atoms with van der Waals surface area (Å²) in [6.45, 7) is 13.7. The summed E-state index contributed by atoms with van der Waals surface area (Å²) in [7, 11) is 0. The maximum atomic E-state index is 11.9. The molecule has 0 radical (unpaired) electrons. The minimum Gasteiger partial charge on any atom is -0.372 e. The summed E-state index contributed by atoms with van der Waals surface area (Å²) in [6, 6.07) is 10.4. The van der Waals surface area contributed by atoms with Crippen LogP contribution < -0.4 is 20.9 Å². The monoisotopic (exact) mass is 361 g/mol. The summed E-state index contributed by atoms with van der Waals surface area (Å²) in [5.74, 6) is 0.607. The molecule has 1 rings (SSSR count). The average Bonchev–Trinajstić information content (AvgIpc) is 2.59. The predicted molar refractivity (Wildman–Crippen MR) is 111 cm³/mol. The number of nitrogens with one attached hydrogen (secondary N) is 3. The van der Waals surface area contributed by atoms with E-state index in [1.807, 2.05) is 33.8 Å². The molecule has 1 aromatic carbocycles. The van der Waals surface area contributed by atoms with Gasteiger partial charge in [-0.05, 0) is 53.2 Å². The molecule has 0 aliphatic carbocycles. The Labute approximate surface area is 158 Å². The van der Waals surface area contributed by atoms with Crippen molar-refractivity contribution in [3.63, 3.8) is 0 Å². The first-order valence-electron chi connectivity index (χ1n) is 9.49. The number of carbonyl (C=O) groups is 1. The number of nitrogens with zero attached hydrogens (tertiary/aromatic N) is 2. The first kappa shape index (κ1) is 21.8. The molecule has 0 saturated heterocycles. The summed E-state index contributed by atoms with van der Waals surface area (Å²) in [4.78, 5) is 18.6. The molecule has 0 unspecified atom stereocenters. The fourth-order valence-electron chi connectivity index (χ4n) is 2.54. The zero-order chi connectivity index (χ0) is 19.4. The molecular formula is C20H35N5O. The number of aliphatic imine (C=N–C) groups is 1. The summed E-state index contributed by atoms with van der Waals surface area (Å²) in [5, 5.41) is 9.40. The molecule has 146 valence electrons. The Morgan fingerprint density at radius 2 is 1.81 bits per heavy atom. The van der Waals surface area contributed by atoms with Gasteiger partial charge < -0.3 is 20.9 Å². The Hall–Kier alpha value is -2.24. The molecule has 6 nitrogen and oxygen atoms in total. The van der Waals surface area contributed by atoms with E-state index in [4.69, 9.17) is 0 Å². The second-order valence-electron chi connectivity index (χ2n) is 7.19. The molecule has 0 aliphatic rings. The smallest absolute Gasteiger partial charge is 0.242 e. The van der Waals surface area contributed by atoms with Crippen LogP contribution in [-0.4, -0.2) is 50.1 Å². The maximum Gasteiger partial charge on any atom is 0.242 e. The van der Waals surface area contributed by atoms with Gasteiger partial charge in [-0.15, -0.1) is 0 Å². The van der Waals surface area contributed by atoms with Crippen molar-refractivity contribution in [2.45, 2.75) is 46.6 Å². The lowest BCUT2D eigenvalue weighted by atomic mass is 10.1. The number of amides is 1. The van der Waals surface area contributed by atoms with E-state index >= 15 is 0 Å². The lowest BCUT2D eigenvalue weighted by Gasteiger charge is -2.23. The maximum absolute atomic E-state index is 11.9. The standard InChI is InChI=1S/C20H35N5O/c1-6-21-19(23-16-18(26)24-20(3,4)5)22-14-11-15-25(7-2)17-12-9-8-10-13-17/h8-10,12-13H,6-7,11,14-16H2,1-5H3,(H,24,26)(H2,21,22,23). The largest absolute Gasteiger partial charge is 0.372 e. The van der Waals surface area contributed by atoms with E-state index in [9.17, 15) is 4.79 Å². The molecular weight excluding hydrogens is 326 g/mol. The number of benzene rings is 1. The van der Waals surface area contributed by atoms with Crippen LogP contribution in [0, 0.1) is 0 Å². The van der Waals surface area contributed by atoms with Gasteiger partial charge in [0.25, 0.3) is 0 Å². The Bertz CT molecular complexity index is 551. The van der Waals surface area contributed by atoms with Crippen LogP contribution in [0.15, 0.2) is 35.3 Å². The van der Waals surface area contributed by atoms with Crippen molar-refractivity contribution >= 4 is 17.6 Å². The highest BCUT2D eigenvalue weighted by Crippen LogP contribution is 2.12. The number of rotatable bonds is 9. The third-order valence-corrected chi connectivity index (χ3v) is 3.64. The summed E-state index contributed by atoms with van der Waals surface area (Å²) in [5.41, 5.74) is 1.01. The van der Waals surface area contributed by atoms with Gasteiger partial charge in [0.1, 0.15) is 6.54 Å². The number of carbonyl (C=O) groups excluding carboxylic acids is 1. The van der Waals surface area contributed by atoms with Crippen molar-refractivity contribution in [1.29, 1.82) is 0 Å². The first-order valence-corrected chi connectivity index (χ1v) is 9.49. The van der Waals surface area contributed by atoms with Crippen molar-refractivity contribution in [2.75, 3.05) is 37.6 Å². The Morgan fingerprint density at radius 3 is 2.38 bits per heavy atom. The van der Waals surface area contributed by atoms with Crippen LogP contribution in [0.25, 0.3) is 0 Å². The molecule has 1 amide bonds. The second-order valence-corrected chi connectivity index (χ2v) is 7.19. The average molecular weight is 362 g/mol. The van der Waals surface area contributed by atoms with Crippen molar-refractivity contribution < 1.29 is 4.79 Å². The molecule has 0 aromatic heterocycles. The van der Waals surface area contributed by atoms with Crippen LogP contribution >= 0.6 is 0 Å². The lowest BCUT2D eigenvalue weighted by Crippen LogP contribution is -2.43. The van der Waals surface area contributed by atoms with Gasteiger partial charge in [-0.1, -0.05) is 18.2 Å². The van der Waals surface area contributed by atoms with Gasteiger partial charge >= 0.3 is 0 Å². The zero-order valence-electron chi connectivity index (χ0n) is 16.9. The Balaban J connectivity index is 2.43. The van der Waals surface area contributed by atoms with Gasteiger partial charge in [0.15, 0.2) is 5.96 Å². The van der Waals surface area contributed by atoms with Crippen LogP contribution in [-0.2, 0) is 4.79 Å². The Kier molecular flexibility index (Phi) is 9.55. The predicted octanol–water partition coefficient (Wildman–Crippen LogP) is 2.37. The van der Waals surface area contributed by atoms with Gasteiger partial charge in [-0.3, -0.25) is 4.79 Å². The third-order valence-electron chi connectivity index (χ3n) is 3.64. The number of hydrogen-bond acceptors (Lipinski definition) is 3. The van der Waals surface area contributed by atoms with Gasteiger partial charge in [0.2, 0.25) is 5.91 Å². The number of guanidine groups is 1. The molecule has 0 bridgehead atoms. The van der Waals surface area contributed by atoms with E-state index in [1.165, 1.54) is 5.69 Å². The quantitative estimate of drug-likeness (QED) is 0.359. The van der Waals surface area contributed by atoms with Gasteiger partial charge in [-0.2, -0.15) is 0 Å². The van der Waals surface area contributed by atoms with Gasteiger partial charge in [0.05, 0.1) is 0 Å². The van der Waals surface area contributed by atoms with E-state index in [1.54, 1.807) is 0 Å². The third kappa shape index (κ3) is 9.30. The lowest BCUT2D eigenvalue weighted by molar-refractivity contribution is -0.121. The molecule has 6 heteroatoms. The molecule has 3 N–H and O–H groups in total.